The Hall–Kier alpha value is -0.350. The van der Waals surface area contributed by atoms with Crippen molar-refractivity contribution in [3.8, 4) is 0 Å². The molecule has 0 aliphatic carbocycles. The van der Waals surface area contributed by atoms with Crippen LogP contribution in [0.1, 0.15) is 13.3 Å². The second-order valence-corrected chi connectivity index (χ2v) is 3.83. The number of rotatable bonds is 6. The van der Waals surface area contributed by atoms with Gasteiger partial charge in [0.1, 0.15) is 0 Å². The van der Waals surface area contributed by atoms with Crippen LogP contribution >= 0.6 is 15.9 Å². The van der Waals surface area contributed by atoms with E-state index in [0.29, 0.717) is 13.0 Å². The molecule has 0 saturated heterocycles. The van der Waals surface area contributed by atoms with Crippen LogP contribution in [0.15, 0.2) is 11.1 Å². The summed E-state index contributed by atoms with van der Waals surface area (Å²) in [6, 6.07) is 0. The summed E-state index contributed by atoms with van der Waals surface area (Å²) in [4.78, 5) is 13.0. The van der Waals surface area contributed by atoms with Gasteiger partial charge in [0.05, 0.1) is 13.5 Å². The van der Waals surface area contributed by atoms with Gasteiger partial charge in [-0.15, -0.1) is 0 Å². The van der Waals surface area contributed by atoms with Gasteiger partial charge >= 0.3 is 5.97 Å². The molecule has 0 aromatic heterocycles. The van der Waals surface area contributed by atoms with Crippen molar-refractivity contribution in [2.24, 2.45) is 0 Å². The van der Waals surface area contributed by atoms with Crippen molar-refractivity contribution in [3.05, 3.63) is 11.1 Å². The van der Waals surface area contributed by atoms with Crippen LogP contribution in [-0.4, -0.2) is 37.6 Å². The van der Waals surface area contributed by atoms with Crippen molar-refractivity contribution >= 4 is 21.9 Å². The molecule has 0 aliphatic rings. The van der Waals surface area contributed by atoms with Crippen LogP contribution in [0.5, 0.6) is 0 Å². The average molecular weight is 250 g/mol. The van der Waals surface area contributed by atoms with Crippen LogP contribution in [0.25, 0.3) is 0 Å². The first-order chi connectivity index (χ1) is 6.10. The highest BCUT2D eigenvalue weighted by Crippen LogP contribution is 2.04. The third-order valence-corrected chi connectivity index (χ3v) is 1.95. The van der Waals surface area contributed by atoms with Crippen molar-refractivity contribution in [1.82, 2.24) is 4.90 Å². The van der Waals surface area contributed by atoms with Crippen molar-refractivity contribution in [2.75, 3.05) is 26.7 Å². The fraction of sp³-hybridized carbons (Fsp3) is 0.667. The Labute approximate surface area is 87.9 Å². The summed E-state index contributed by atoms with van der Waals surface area (Å²) in [6.45, 7) is 8.19. The lowest BCUT2D eigenvalue weighted by atomic mass is 10.3. The second kappa shape index (κ2) is 7.09. The Bertz CT molecular complexity index is 182. The summed E-state index contributed by atoms with van der Waals surface area (Å²) in [5.41, 5.74) is 0. The summed E-state index contributed by atoms with van der Waals surface area (Å²) < 4.78 is 5.48. The molecule has 0 radical (unpaired) electrons. The van der Waals surface area contributed by atoms with Gasteiger partial charge in [0.2, 0.25) is 0 Å². The normalized spacial score (nSPS) is 10.2. The molecule has 0 rings (SSSR count). The minimum atomic E-state index is -0.168. The quantitative estimate of drug-likeness (QED) is 0.673. The molecule has 0 heterocycles. The standard InChI is InChI=1S/C9H16BrNO2/c1-4-11(7-8(2)10)6-5-9(12)13-3/h2,4-7H2,1,3H3. The van der Waals surface area contributed by atoms with E-state index in [-0.39, 0.29) is 5.97 Å². The Kier molecular flexibility index (Phi) is 6.90. The zero-order valence-electron chi connectivity index (χ0n) is 8.18. The summed E-state index contributed by atoms with van der Waals surface area (Å²) in [7, 11) is 1.40. The molecule has 0 atom stereocenters. The number of carbonyl (C=O) groups excluding carboxylic acids is 1. The summed E-state index contributed by atoms with van der Waals surface area (Å²) in [5.74, 6) is -0.168. The number of halogens is 1. The lowest BCUT2D eigenvalue weighted by Gasteiger charge is -2.18. The average Bonchev–Trinajstić information content (AvgIpc) is 2.10. The minimum absolute atomic E-state index is 0.168. The van der Waals surface area contributed by atoms with E-state index >= 15 is 0 Å². The van der Waals surface area contributed by atoms with E-state index in [2.05, 4.69) is 32.1 Å². The Morgan fingerprint density at radius 1 is 1.62 bits per heavy atom. The topological polar surface area (TPSA) is 29.5 Å². The highest BCUT2D eigenvalue weighted by atomic mass is 79.9. The number of hydrogen-bond donors (Lipinski definition) is 0. The van der Waals surface area contributed by atoms with Crippen LogP contribution in [-0.2, 0) is 9.53 Å². The molecule has 13 heavy (non-hydrogen) atoms. The molecule has 0 saturated carbocycles. The first kappa shape index (κ1) is 12.7. The van der Waals surface area contributed by atoms with E-state index in [0.717, 1.165) is 17.6 Å². The Morgan fingerprint density at radius 2 is 2.23 bits per heavy atom. The smallest absolute Gasteiger partial charge is 0.306 e. The van der Waals surface area contributed by atoms with Crippen molar-refractivity contribution in [1.29, 1.82) is 0 Å². The summed E-state index contributed by atoms with van der Waals surface area (Å²) >= 11 is 3.29. The zero-order chi connectivity index (χ0) is 10.3. The third kappa shape index (κ3) is 6.78. The number of carbonyl (C=O) groups is 1. The highest BCUT2D eigenvalue weighted by Gasteiger charge is 2.06. The van der Waals surface area contributed by atoms with Crippen LogP contribution in [0.4, 0.5) is 0 Å². The molecule has 4 heteroatoms. The van der Waals surface area contributed by atoms with Gasteiger partial charge in [-0.2, -0.15) is 0 Å². The SMILES string of the molecule is C=C(Br)CN(CC)CCC(=O)OC. The molecule has 3 nitrogen and oxygen atoms in total. The molecule has 0 amide bonds. The van der Waals surface area contributed by atoms with E-state index in [1.54, 1.807) is 0 Å². The van der Waals surface area contributed by atoms with E-state index in [4.69, 9.17) is 0 Å². The number of likely N-dealkylation sites (N-methyl/N-ethyl adjacent to an activating group) is 1. The first-order valence-electron chi connectivity index (χ1n) is 4.22. The summed E-state index contributed by atoms with van der Waals surface area (Å²) in [5, 5.41) is 0. The van der Waals surface area contributed by atoms with Crippen LogP contribution in [0, 0.1) is 0 Å². The Balaban J connectivity index is 3.71. The van der Waals surface area contributed by atoms with Crippen LogP contribution in [0.2, 0.25) is 0 Å². The number of methoxy groups -OCH3 is 1. The van der Waals surface area contributed by atoms with Crippen LogP contribution < -0.4 is 0 Å². The highest BCUT2D eigenvalue weighted by molar-refractivity contribution is 9.11. The maximum Gasteiger partial charge on any atom is 0.306 e. The Morgan fingerprint density at radius 3 is 2.62 bits per heavy atom. The second-order valence-electron chi connectivity index (χ2n) is 2.71. The molecule has 0 unspecified atom stereocenters. The maximum absolute atomic E-state index is 10.8. The van der Waals surface area contributed by atoms with Gasteiger partial charge < -0.3 is 4.74 Å². The molecule has 0 bridgehead atoms. The van der Waals surface area contributed by atoms with E-state index < -0.39 is 0 Å². The molecule has 0 fully saturated rings. The minimum Gasteiger partial charge on any atom is -0.469 e. The molecule has 0 aliphatic heterocycles. The molecule has 0 aromatic rings. The lowest BCUT2D eigenvalue weighted by molar-refractivity contribution is -0.140. The van der Waals surface area contributed by atoms with Gasteiger partial charge in [0, 0.05) is 17.6 Å². The fourth-order valence-corrected chi connectivity index (χ4v) is 1.30. The van der Waals surface area contributed by atoms with Gasteiger partial charge in [-0.25, -0.2) is 0 Å². The molecule has 0 N–H and O–H groups in total. The number of ether oxygens (including phenoxy) is 1. The van der Waals surface area contributed by atoms with E-state index in [1.165, 1.54) is 7.11 Å². The van der Waals surface area contributed by atoms with Gasteiger partial charge in [-0.3, -0.25) is 9.69 Å². The molecule has 76 valence electrons. The largest absolute Gasteiger partial charge is 0.469 e. The first-order valence-corrected chi connectivity index (χ1v) is 5.01. The molecular formula is C9H16BrNO2. The number of hydrogen-bond acceptors (Lipinski definition) is 3. The fourth-order valence-electron chi connectivity index (χ4n) is 0.943. The molecule has 0 spiro atoms. The van der Waals surface area contributed by atoms with Gasteiger partial charge in [-0.05, 0) is 6.54 Å². The summed E-state index contributed by atoms with van der Waals surface area (Å²) in [6.07, 6.45) is 0.435. The molecule has 0 aromatic carbocycles. The van der Waals surface area contributed by atoms with Gasteiger partial charge in [0.15, 0.2) is 0 Å². The lowest BCUT2D eigenvalue weighted by Crippen LogP contribution is -2.27. The van der Waals surface area contributed by atoms with Gasteiger partial charge in [0.25, 0.3) is 0 Å². The van der Waals surface area contributed by atoms with Crippen molar-refractivity contribution < 1.29 is 9.53 Å². The molecular weight excluding hydrogens is 234 g/mol. The van der Waals surface area contributed by atoms with E-state index in [1.807, 2.05) is 6.92 Å². The maximum atomic E-state index is 10.8. The van der Waals surface area contributed by atoms with E-state index in [9.17, 15) is 4.79 Å². The third-order valence-electron chi connectivity index (χ3n) is 1.70. The van der Waals surface area contributed by atoms with Gasteiger partial charge in [-0.1, -0.05) is 29.4 Å². The van der Waals surface area contributed by atoms with Crippen molar-refractivity contribution in [3.63, 3.8) is 0 Å². The number of esters is 1. The predicted molar refractivity (Wildman–Crippen MR) is 56.8 cm³/mol. The van der Waals surface area contributed by atoms with Crippen LogP contribution in [0.3, 0.4) is 0 Å². The predicted octanol–water partition coefficient (Wildman–Crippen LogP) is 1.78. The van der Waals surface area contributed by atoms with Crippen molar-refractivity contribution in [2.45, 2.75) is 13.3 Å². The zero-order valence-corrected chi connectivity index (χ0v) is 9.76. The number of nitrogens with zero attached hydrogens (tertiary/aromatic N) is 1. The monoisotopic (exact) mass is 249 g/mol.